The van der Waals surface area contributed by atoms with Crippen molar-refractivity contribution in [3.05, 3.63) is 48.0 Å². The molecule has 2 aromatic carbocycles. The number of fused-ring (bicyclic) bond motifs is 1. The second-order valence-electron chi connectivity index (χ2n) is 9.28. The summed E-state index contributed by atoms with van der Waals surface area (Å²) in [6.45, 7) is 10.9. The fourth-order valence-electron chi connectivity index (χ4n) is 3.35. The van der Waals surface area contributed by atoms with Gasteiger partial charge in [-0.1, -0.05) is 51.2 Å². The molecule has 0 aliphatic carbocycles. The first-order chi connectivity index (χ1) is 15.1. The lowest BCUT2D eigenvalue weighted by Crippen LogP contribution is -2.22. The molecule has 0 amide bonds. The van der Waals surface area contributed by atoms with Crippen molar-refractivity contribution in [1.82, 2.24) is 9.78 Å². The van der Waals surface area contributed by atoms with Crippen LogP contribution in [0.3, 0.4) is 0 Å². The number of aromatic nitrogens is 2. The minimum absolute atomic E-state index is 0.340. The lowest BCUT2D eigenvalue weighted by molar-refractivity contribution is -0.137. The number of nitrogens with one attached hydrogen (secondary N) is 1. The average molecular weight is 464 g/mol. The summed E-state index contributed by atoms with van der Waals surface area (Å²) in [6, 6.07) is 12.2. The van der Waals surface area contributed by atoms with Gasteiger partial charge in [-0.2, -0.15) is 18.3 Å². The van der Waals surface area contributed by atoms with Crippen LogP contribution in [0.5, 0.6) is 0 Å². The van der Waals surface area contributed by atoms with Crippen LogP contribution in [0.4, 0.5) is 19.0 Å². The first-order valence-electron chi connectivity index (χ1n) is 11.1. The first-order valence-corrected chi connectivity index (χ1v) is 14.8. The zero-order chi connectivity index (χ0) is 23.4. The Morgan fingerprint density at radius 1 is 1.03 bits per heavy atom. The third-order valence-electron chi connectivity index (χ3n) is 5.33. The third-order valence-corrected chi connectivity index (χ3v) is 7.03. The normalized spacial score (nSPS) is 12.5. The highest BCUT2D eigenvalue weighted by atomic mass is 28.3. The topological polar surface area (TPSA) is 39.1 Å². The number of anilines is 1. The Kier molecular flexibility index (Phi) is 7.66. The van der Waals surface area contributed by atoms with Gasteiger partial charge in [0, 0.05) is 26.6 Å². The van der Waals surface area contributed by atoms with E-state index in [1.807, 2.05) is 22.9 Å². The molecule has 0 spiro atoms. The fourth-order valence-corrected chi connectivity index (χ4v) is 4.10. The molecule has 0 radical (unpaired) electrons. The number of ether oxygens (including phenoxy) is 1. The average Bonchev–Trinajstić information content (AvgIpc) is 3.07. The van der Waals surface area contributed by atoms with Crippen LogP contribution in [0, 0.1) is 0 Å². The van der Waals surface area contributed by atoms with Gasteiger partial charge in [0.05, 0.1) is 11.1 Å². The maximum absolute atomic E-state index is 12.9. The van der Waals surface area contributed by atoms with E-state index in [9.17, 15) is 13.2 Å². The van der Waals surface area contributed by atoms with E-state index in [-0.39, 0.29) is 0 Å². The Balaban J connectivity index is 1.88. The number of hydrogen-bond acceptors (Lipinski definition) is 3. The summed E-state index contributed by atoms with van der Waals surface area (Å²) < 4.78 is 46.5. The molecule has 174 valence electrons. The molecule has 4 nitrogen and oxygen atoms in total. The maximum Gasteiger partial charge on any atom is 0.416 e. The summed E-state index contributed by atoms with van der Waals surface area (Å²) in [5.74, 6) is 0.807. The van der Waals surface area contributed by atoms with Crippen molar-refractivity contribution in [2.75, 3.05) is 18.5 Å². The summed E-state index contributed by atoms with van der Waals surface area (Å²) >= 11 is 0. The Hall–Kier alpha value is -2.32. The number of rotatable bonds is 10. The Labute approximate surface area is 188 Å². The molecule has 1 N–H and O–H groups in total. The molecule has 8 heteroatoms. The molecule has 0 fully saturated rings. The number of halogens is 3. The molecule has 0 saturated heterocycles. The van der Waals surface area contributed by atoms with Gasteiger partial charge in [0.25, 0.3) is 0 Å². The summed E-state index contributed by atoms with van der Waals surface area (Å²) in [4.78, 5) is 0. The molecule has 0 aliphatic heterocycles. The van der Waals surface area contributed by atoms with Crippen LogP contribution in [0.1, 0.15) is 25.3 Å². The van der Waals surface area contributed by atoms with Crippen LogP contribution in [0.25, 0.3) is 22.0 Å². The minimum atomic E-state index is -4.34. The van der Waals surface area contributed by atoms with Crippen molar-refractivity contribution < 1.29 is 17.9 Å². The maximum atomic E-state index is 12.9. The number of hydrogen-bond donors (Lipinski definition) is 1. The number of benzene rings is 2. The van der Waals surface area contributed by atoms with Gasteiger partial charge in [0.2, 0.25) is 0 Å². The summed E-state index contributed by atoms with van der Waals surface area (Å²) in [7, 11) is -1.18. The van der Waals surface area contributed by atoms with Crippen molar-refractivity contribution in [1.29, 1.82) is 0 Å². The third kappa shape index (κ3) is 6.35. The summed E-state index contributed by atoms with van der Waals surface area (Å²) in [5.41, 5.74) is 1.82. The van der Waals surface area contributed by atoms with Gasteiger partial charge < -0.3 is 10.1 Å². The Morgan fingerprint density at radius 2 is 1.72 bits per heavy atom. The van der Waals surface area contributed by atoms with Crippen molar-refractivity contribution in [3.8, 4) is 11.1 Å². The molecule has 3 aromatic rings. The number of unbranched alkanes of at least 4 members (excludes halogenated alkanes) is 1. The molecule has 32 heavy (non-hydrogen) atoms. The van der Waals surface area contributed by atoms with Crippen LogP contribution in [-0.2, 0) is 17.6 Å². The van der Waals surface area contributed by atoms with Crippen LogP contribution >= 0.6 is 0 Å². The molecule has 0 bridgehead atoms. The van der Waals surface area contributed by atoms with E-state index < -0.39 is 19.8 Å². The van der Waals surface area contributed by atoms with E-state index in [0.29, 0.717) is 13.3 Å². The molecular weight excluding hydrogens is 431 g/mol. The SMILES string of the molecule is CCCCNc1nn(COCC[Si](C)(C)C)c2cc(-c3ccc(C(F)(F)F)cc3)ccc12. The van der Waals surface area contributed by atoms with E-state index in [1.165, 1.54) is 12.1 Å². The molecule has 0 aliphatic rings. The van der Waals surface area contributed by atoms with Crippen molar-refractivity contribution in [2.24, 2.45) is 0 Å². The Bertz CT molecular complexity index is 1020. The highest BCUT2D eigenvalue weighted by molar-refractivity contribution is 6.76. The second kappa shape index (κ2) is 10.1. The smallest absolute Gasteiger partial charge is 0.368 e. The highest BCUT2D eigenvalue weighted by Crippen LogP contribution is 2.33. The Morgan fingerprint density at radius 3 is 2.34 bits per heavy atom. The van der Waals surface area contributed by atoms with Gasteiger partial charge in [-0.05, 0) is 47.9 Å². The molecule has 0 atom stereocenters. The molecule has 0 unspecified atom stereocenters. The highest BCUT2D eigenvalue weighted by Gasteiger charge is 2.30. The van der Waals surface area contributed by atoms with E-state index in [2.05, 4.69) is 31.9 Å². The van der Waals surface area contributed by atoms with Crippen LogP contribution in [-0.4, -0.2) is 31.0 Å². The zero-order valence-corrected chi connectivity index (χ0v) is 20.2. The minimum Gasteiger partial charge on any atom is -0.368 e. The van der Waals surface area contributed by atoms with Gasteiger partial charge in [0.1, 0.15) is 6.73 Å². The molecule has 1 heterocycles. The predicted octanol–water partition coefficient (Wildman–Crippen LogP) is 7.25. The fraction of sp³-hybridized carbons (Fsp3) is 0.458. The van der Waals surface area contributed by atoms with Crippen LogP contribution in [0.15, 0.2) is 42.5 Å². The predicted molar refractivity (Wildman–Crippen MR) is 128 cm³/mol. The molecule has 0 saturated carbocycles. The molecule has 1 aromatic heterocycles. The quantitative estimate of drug-likeness (QED) is 0.254. The summed E-state index contributed by atoms with van der Waals surface area (Å²) in [5, 5.41) is 9.10. The van der Waals surface area contributed by atoms with Gasteiger partial charge in [-0.15, -0.1) is 0 Å². The first kappa shape index (κ1) is 24.3. The molecule has 3 rings (SSSR count). The van der Waals surface area contributed by atoms with Crippen LogP contribution < -0.4 is 5.32 Å². The van der Waals surface area contributed by atoms with Gasteiger partial charge in [-0.25, -0.2) is 4.68 Å². The standard InChI is InChI=1S/C24H32F3N3OSi/c1-5-6-13-28-23-21-12-9-19(18-7-10-20(11-8-18)24(25,26)27)16-22(21)30(29-23)17-31-14-15-32(2,3)4/h7-12,16H,5-6,13-15,17H2,1-4H3,(H,28,29). The second-order valence-corrected chi connectivity index (χ2v) is 14.9. The van der Waals surface area contributed by atoms with E-state index >= 15 is 0 Å². The van der Waals surface area contributed by atoms with Crippen molar-refractivity contribution in [2.45, 2.75) is 58.4 Å². The summed E-state index contributed by atoms with van der Waals surface area (Å²) in [6.07, 6.45) is -2.21. The van der Waals surface area contributed by atoms with E-state index in [0.717, 1.165) is 65.4 Å². The lowest BCUT2D eigenvalue weighted by Gasteiger charge is -2.15. The monoisotopic (exact) mass is 463 g/mol. The lowest BCUT2D eigenvalue weighted by atomic mass is 10.0. The zero-order valence-electron chi connectivity index (χ0n) is 19.2. The van der Waals surface area contributed by atoms with Gasteiger partial charge in [0.15, 0.2) is 5.82 Å². The van der Waals surface area contributed by atoms with Crippen molar-refractivity contribution in [3.63, 3.8) is 0 Å². The van der Waals surface area contributed by atoms with Gasteiger partial charge in [-0.3, -0.25) is 0 Å². The number of alkyl halides is 3. The van der Waals surface area contributed by atoms with Crippen LogP contribution in [0.2, 0.25) is 25.7 Å². The largest absolute Gasteiger partial charge is 0.416 e. The van der Waals surface area contributed by atoms with Crippen molar-refractivity contribution >= 4 is 24.8 Å². The van der Waals surface area contributed by atoms with Gasteiger partial charge >= 0.3 is 6.18 Å². The number of nitrogens with zero attached hydrogens (tertiary/aromatic N) is 2. The van der Waals surface area contributed by atoms with E-state index in [1.54, 1.807) is 0 Å². The molecular formula is C24H32F3N3OSi. The van der Waals surface area contributed by atoms with E-state index in [4.69, 9.17) is 9.84 Å².